The summed E-state index contributed by atoms with van der Waals surface area (Å²) in [6.45, 7) is 6.47. The van der Waals surface area contributed by atoms with Gasteiger partial charge in [-0.3, -0.25) is 13.9 Å². The number of carbonyl (C=O) groups excluding carboxylic acids is 2. The zero-order valence-electron chi connectivity index (χ0n) is 15.5. The Balaban J connectivity index is 2.56. The first-order chi connectivity index (χ1) is 12.5. The number of rotatable bonds is 6. The number of nitrogens with one attached hydrogen (secondary N) is 1. The van der Waals surface area contributed by atoms with Gasteiger partial charge in [0, 0.05) is 12.6 Å². The average molecular weight is 409 g/mol. The largest absolute Gasteiger partial charge is 0.326 e. The molecule has 0 fully saturated rings. The van der Waals surface area contributed by atoms with Gasteiger partial charge < -0.3 is 5.32 Å². The number of hydrogen-bond acceptors (Lipinski definition) is 4. The first-order valence-electron chi connectivity index (χ1n) is 8.22. The Hall–Kier alpha value is -2.38. The van der Waals surface area contributed by atoms with Gasteiger partial charge in [-0.25, -0.2) is 8.42 Å². The molecule has 0 radical (unpaired) electrons. The van der Waals surface area contributed by atoms with Gasteiger partial charge in [-0.1, -0.05) is 17.7 Å². The number of amides is 1. The maximum Gasteiger partial charge on any atom is 0.265 e. The van der Waals surface area contributed by atoms with Gasteiger partial charge in [0.15, 0.2) is 0 Å². The molecule has 0 saturated carbocycles. The molecule has 1 amide bonds. The Morgan fingerprint density at radius 1 is 1.07 bits per heavy atom. The zero-order chi connectivity index (χ0) is 20.4. The van der Waals surface area contributed by atoms with Crippen molar-refractivity contribution in [3.05, 3.63) is 53.6 Å². The van der Waals surface area contributed by atoms with E-state index in [0.717, 1.165) is 9.87 Å². The van der Waals surface area contributed by atoms with E-state index in [2.05, 4.69) is 5.32 Å². The summed E-state index contributed by atoms with van der Waals surface area (Å²) < 4.78 is 27.6. The monoisotopic (exact) mass is 408 g/mol. The average Bonchev–Trinajstić information content (AvgIpc) is 2.56. The molecule has 6 nitrogen and oxygen atoms in total. The van der Waals surface area contributed by atoms with E-state index in [0.29, 0.717) is 16.9 Å². The molecule has 0 bridgehead atoms. The number of aryl methyl sites for hydroxylation is 2. The molecule has 1 unspecified atom stereocenters. The molecule has 2 aromatic rings. The molecule has 0 aliphatic carbocycles. The van der Waals surface area contributed by atoms with Crippen molar-refractivity contribution in [2.75, 3.05) is 9.62 Å². The molecule has 0 aliphatic heterocycles. The van der Waals surface area contributed by atoms with Crippen LogP contribution in [0.4, 0.5) is 11.4 Å². The lowest BCUT2D eigenvalue weighted by Crippen LogP contribution is -2.42. The van der Waals surface area contributed by atoms with Crippen LogP contribution in [0.2, 0.25) is 0 Å². The molecule has 1 N–H and O–H groups in total. The Morgan fingerprint density at radius 2 is 1.67 bits per heavy atom. The molecular formula is C19H21ClN2O4S. The molecule has 8 heteroatoms. The van der Waals surface area contributed by atoms with Gasteiger partial charge in [0.1, 0.15) is 6.04 Å². The van der Waals surface area contributed by atoms with Crippen molar-refractivity contribution >= 4 is 44.1 Å². The Labute approximate surface area is 164 Å². The summed E-state index contributed by atoms with van der Waals surface area (Å²) >= 11 is 5.64. The lowest BCUT2D eigenvalue weighted by molar-refractivity contribution is -0.114. The van der Waals surface area contributed by atoms with Crippen LogP contribution in [-0.4, -0.2) is 25.6 Å². The molecule has 0 saturated heterocycles. The van der Waals surface area contributed by atoms with Crippen molar-refractivity contribution < 1.29 is 18.0 Å². The van der Waals surface area contributed by atoms with E-state index in [4.69, 9.17) is 11.6 Å². The minimum atomic E-state index is -4.06. The number of carbonyl (C=O) groups is 2. The summed E-state index contributed by atoms with van der Waals surface area (Å²) in [5, 5.41) is 1.79. The summed E-state index contributed by atoms with van der Waals surface area (Å²) in [5.74, 6) is -0.260. The smallest absolute Gasteiger partial charge is 0.265 e. The van der Waals surface area contributed by atoms with Crippen LogP contribution in [0.15, 0.2) is 47.4 Å². The fourth-order valence-corrected chi connectivity index (χ4v) is 4.56. The van der Waals surface area contributed by atoms with Gasteiger partial charge in [0.2, 0.25) is 11.1 Å². The SMILES string of the molecule is CC(=O)Nc1ccc(S(=O)(=O)N(c2ccc(C)cc2C)C(C)C(=O)Cl)cc1. The summed E-state index contributed by atoms with van der Waals surface area (Å²) in [6.07, 6.45) is 0. The van der Waals surface area contributed by atoms with E-state index in [1.54, 1.807) is 19.1 Å². The van der Waals surface area contributed by atoms with Gasteiger partial charge in [-0.15, -0.1) is 0 Å². The number of nitrogens with zero attached hydrogens (tertiary/aromatic N) is 1. The highest BCUT2D eigenvalue weighted by molar-refractivity contribution is 7.93. The summed E-state index contributed by atoms with van der Waals surface area (Å²) in [7, 11) is -4.06. The molecule has 1 atom stereocenters. The third kappa shape index (κ3) is 4.67. The van der Waals surface area contributed by atoms with Gasteiger partial charge in [-0.05, 0) is 68.3 Å². The van der Waals surface area contributed by atoms with Crippen molar-refractivity contribution in [2.24, 2.45) is 0 Å². The van der Waals surface area contributed by atoms with E-state index in [1.165, 1.54) is 38.1 Å². The van der Waals surface area contributed by atoms with E-state index in [-0.39, 0.29) is 10.8 Å². The van der Waals surface area contributed by atoms with Crippen molar-refractivity contribution in [2.45, 2.75) is 38.6 Å². The maximum absolute atomic E-state index is 13.3. The van der Waals surface area contributed by atoms with Gasteiger partial charge in [0.05, 0.1) is 10.6 Å². The van der Waals surface area contributed by atoms with Crippen molar-refractivity contribution in [1.29, 1.82) is 0 Å². The minimum absolute atomic E-state index is 0.0126. The summed E-state index contributed by atoms with van der Waals surface area (Å²) in [5.41, 5.74) is 2.53. The Bertz CT molecular complexity index is 972. The van der Waals surface area contributed by atoms with Crippen LogP contribution < -0.4 is 9.62 Å². The van der Waals surface area contributed by atoms with Gasteiger partial charge >= 0.3 is 0 Å². The van der Waals surface area contributed by atoms with E-state index in [1.807, 2.05) is 13.0 Å². The fourth-order valence-electron chi connectivity index (χ4n) is 2.72. The van der Waals surface area contributed by atoms with E-state index in [9.17, 15) is 18.0 Å². The van der Waals surface area contributed by atoms with Crippen molar-refractivity contribution in [3.8, 4) is 0 Å². The lowest BCUT2D eigenvalue weighted by Gasteiger charge is -2.30. The van der Waals surface area contributed by atoms with Crippen LogP contribution in [0.5, 0.6) is 0 Å². The number of sulfonamides is 1. The topological polar surface area (TPSA) is 83.6 Å². The highest BCUT2D eigenvalue weighted by atomic mass is 35.5. The second-order valence-electron chi connectivity index (χ2n) is 6.28. The Kier molecular flexibility index (Phi) is 6.28. The van der Waals surface area contributed by atoms with E-state index >= 15 is 0 Å². The second-order valence-corrected chi connectivity index (χ2v) is 8.46. The zero-order valence-corrected chi connectivity index (χ0v) is 17.1. The van der Waals surface area contributed by atoms with E-state index < -0.39 is 21.3 Å². The predicted octanol–water partition coefficient (Wildman–Crippen LogP) is 3.61. The van der Waals surface area contributed by atoms with Crippen LogP contribution in [0.3, 0.4) is 0 Å². The molecule has 0 heterocycles. The van der Waals surface area contributed by atoms with Crippen LogP contribution in [0.1, 0.15) is 25.0 Å². The standard InChI is InChI=1S/C19H21ClN2O4S/c1-12-5-10-18(13(2)11-12)22(14(3)19(20)24)27(25,26)17-8-6-16(7-9-17)21-15(4)23/h5-11,14H,1-4H3,(H,21,23). The molecule has 0 spiro atoms. The molecule has 144 valence electrons. The van der Waals surface area contributed by atoms with Crippen LogP contribution in [-0.2, 0) is 19.6 Å². The van der Waals surface area contributed by atoms with Crippen molar-refractivity contribution in [1.82, 2.24) is 0 Å². The molecule has 2 aromatic carbocycles. The summed E-state index contributed by atoms with van der Waals surface area (Å²) in [4.78, 5) is 22.9. The third-order valence-corrected chi connectivity index (χ3v) is 6.22. The lowest BCUT2D eigenvalue weighted by atomic mass is 10.1. The van der Waals surface area contributed by atoms with Gasteiger partial charge in [-0.2, -0.15) is 0 Å². The number of hydrogen-bond donors (Lipinski definition) is 1. The summed E-state index contributed by atoms with van der Waals surface area (Å²) in [6, 6.07) is 9.91. The highest BCUT2D eigenvalue weighted by Gasteiger charge is 2.33. The molecule has 0 aliphatic rings. The van der Waals surface area contributed by atoms with Crippen molar-refractivity contribution in [3.63, 3.8) is 0 Å². The maximum atomic E-state index is 13.3. The van der Waals surface area contributed by atoms with Crippen LogP contribution in [0, 0.1) is 13.8 Å². The molecule has 0 aromatic heterocycles. The molecule has 2 rings (SSSR count). The van der Waals surface area contributed by atoms with Crippen LogP contribution in [0.25, 0.3) is 0 Å². The first kappa shape index (κ1) is 20.9. The molecule has 27 heavy (non-hydrogen) atoms. The molecular weight excluding hydrogens is 388 g/mol. The highest BCUT2D eigenvalue weighted by Crippen LogP contribution is 2.30. The number of halogens is 1. The third-order valence-electron chi connectivity index (χ3n) is 4.00. The fraction of sp³-hybridized carbons (Fsp3) is 0.263. The van der Waals surface area contributed by atoms with Gasteiger partial charge in [0.25, 0.3) is 10.0 Å². The minimum Gasteiger partial charge on any atom is -0.326 e. The normalized spacial score (nSPS) is 12.3. The Morgan fingerprint density at radius 3 is 2.15 bits per heavy atom. The predicted molar refractivity (Wildman–Crippen MR) is 107 cm³/mol. The van der Waals surface area contributed by atoms with Crippen LogP contribution >= 0.6 is 11.6 Å². The number of benzene rings is 2. The second kappa shape index (κ2) is 8.10. The number of anilines is 2. The quantitative estimate of drug-likeness (QED) is 0.740. The first-order valence-corrected chi connectivity index (χ1v) is 10.0.